The van der Waals surface area contributed by atoms with E-state index in [4.69, 9.17) is 4.74 Å². The summed E-state index contributed by atoms with van der Waals surface area (Å²) in [5.74, 6) is 0.649. The maximum absolute atomic E-state index is 11.9. The van der Waals surface area contributed by atoms with Gasteiger partial charge in [0.15, 0.2) is 0 Å². The lowest BCUT2D eigenvalue weighted by atomic mass is 10.1. The zero-order chi connectivity index (χ0) is 13.7. The minimum absolute atomic E-state index is 0.0550. The predicted molar refractivity (Wildman–Crippen MR) is 75.6 cm³/mol. The molecule has 0 saturated carbocycles. The fraction of sp³-hybridized carbons (Fsp3) is 0.714. The molecule has 0 aromatic carbocycles. The molecule has 0 unspecified atom stereocenters. The first-order valence-corrected chi connectivity index (χ1v) is 7.09. The number of anilines is 1. The van der Waals surface area contributed by atoms with Crippen LogP contribution in [0.2, 0.25) is 0 Å². The number of hydrogen-bond donors (Lipinski definition) is 1. The Kier molecular flexibility index (Phi) is 4.96. The Bertz CT molecular complexity index is 468. The summed E-state index contributed by atoms with van der Waals surface area (Å²) >= 11 is 0. The average molecular weight is 265 g/mol. The van der Waals surface area contributed by atoms with Crippen LogP contribution in [-0.4, -0.2) is 29.5 Å². The van der Waals surface area contributed by atoms with Crippen molar-refractivity contribution in [3.8, 4) is 0 Å². The summed E-state index contributed by atoms with van der Waals surface area (Å²) in [6.45, 7) is 7.10. The number of ether oxygens (including phenoxy) is 1. The van der Waals surface area contributed by atoms with Crippen LogP contribution >= 0.6 is 0 Å². The van der Waals surface area contributed by atoms with Crippen molar-refractivity contribution in [1.29, 1.82) is 0 Å². The fourth-order valence-electron chi connectivity index (χ4n) is 2.08. The number of aromatic nitrogens is 2. The van der Waals surface area contributed by atoms with Crippen LogP contribution in [0.25, 0.3) is 0 Å². The van der Waals surface area contributed by atoms with Gasteiger partial charge in [-0.1, -0.05) is 13.8 Å². The number of nitrogens with zero attached hydrogens (tertiary/aromatic N) is 2. The quantitative estimate of drug-likeness (QED) is 0.795. The highest BCUT2D eigenvalue weighted by atomic mass is 16.5. The van der Waals surface area contributed by atoms with Gasteiger partial charge >= 0.3 is 0 Å². The van der Waals surface area contributed by atoms with Gasteiger partial charge in [0.2, 0.25) is 0 Å². The van der Waals surface area contributed by atoms with E-state index in [1.165, 1.54) is 4.68 Å². The van der Waals surface area contributed by atoms with E-state index < -0.39 is 0 Å². The van der Waals surface area contributed by atoms with Gasteiger partial charge in [-0.3, -0.25) is 4.79 Å². The summed E-state index contributed by atoms with van der Waals surface area (Å²) in [6, 6.07) is 1.65. The molecular weight excluding hydrogens is 242 g/mol. The smallest absolute Gasteiger partial charge is 0.268 e. The van der Waals surface area contributed by atoms with Gasteiger partial charge < -0.3 is 10.1 Å². The molecule has 1 aromatic heterocycles. The molecule has 1 aromatic rings. The molecule has 1 aliphatic rings. The van der Waals surface area contributed by atoms with Crippen molar-refractivity contribution in [2.75, 3.05) is 25.1 Å². The molecule has 0 aliphatic carbocycles. The molecule has 1 aliphatic heterocycles. The van der Waals surface area contributed by atoms with Gasteiger partial charge in [-0.25, -0.2) is 4.68 Å². The van der Waals surface area contributed by atoms with Crippen LogP contribution in [0.4, 0.5) is 5.69 Å². The van der Waals surface area contributed by atoms with Crippen molar-refractivity contribution in [3.05, 3.63) is 22.1 Å². The first kappa shape index (κ1) is 14.1. The normalized spacial score (nSPS) is 14.3. The number of fused-ring (bicyclic) bond motifs is 1. The van der Waals surface area contributed by atoms with E-state index in [0.717, 1.165) is 43.8 Å². The fourth-order valence-corrected chi connectivity index (χ4v) is 2.08. The van der Waals surface area contributed by atoms with Crippen molar-refractivity contribution >= 4 is 5.69 Å². The molecule has 0 saturated heterocycles. The van der Waals surface area contributed by atoms with Crippen molar-refractivity contribution in [1.82, 2.24) is 9.78 Å². The van der Waals surface area contributed by atoms with Gasteiger partial charge in [0.05, 0.1) is 24.5 Å². The maximum Gasteiger partial charge on any atom is 0.268 e. The third-order valence-electron chi connectivity index (χ3n) is 3.27. The first-order chi connectivity index (χ1) is 9.16. The number of hydrogen-bond acceptors (Lipinski definition) is 4. The highest BCUT2D eigenvalue weighted by molar-refractivity contribution is 5.48. The second-order valence-electron chi connectivity index (χ2n) is 5.39. The average Bonchev–Trinajstić information content (AvgIpc) is 2.38. The molecule has 5 nitrogen and oxygen atoms in total. The molecule has 19 heavy (non-hydrogen) atoms. The van der Waals surface area contributed by atoms with Gasteiger partial charge in [-0.2, -0.15) is 5.10 Å². The van der Waals surface area contributed by atoms with E-state index in [1.54, 1.807) is 6.07 Å². The summed E-state index contributed by atoms with van der Waals surface area (Å²) in [5, 5.41) is 7.62. The third-order valence-corrected chi connectivity index (χ3v) is 3.27. The lowest BCUT2D eigenvalue weighted by Crippen LogP contribution is -2.28. The van der Waals surface area contributed by atoms with Crippen LogP contribution in [0, 0.1) is 5.92 Å². The van der Waals surface area contributed by atoms with E-state index in [2.05, 4.69) is 24.3 Å². The van der Waals surface area contributed by atoms with Crippen LogP contribution < -0.4 is 10.9 Å². The summed E-state index contributed by atoms with van der Waals surface area (Å²) in [4.78, 5) is 11.9. The second-order valence-corrected chi connectivity index (χ2v) is 5.39. The Morgan fingerprint density at radius 2 is 2.32 bits per heavy atom. The summed E-state index contributed by atoms with van der Waals surface area (Å²) < 4.78 is 7.05. The summed E-state index contributed by atoms with van der Waals surface area (Å²) in [7, 11) is 0. The van der Waals surface area contributed by atoms with Crippen LogP contribution in [0.15, 0.2) is 10.9 Å². The van der Waals surface area contributed by atoms with Crippen LogP contribution in [0.3, 0.4) is 0 Å². The molecule has 0 bridgehead atoms. The minimum atomic E-state index is -0.0550. The van der Waals surface area contributed by atoms with Crippen molar-refractivity contribution in [2.24, 2.45) is 5.92 Å². The SMILES string of the molecule is CC(C)CCOCCn1nc2c(cc1=O)NCCC2. The van der Waals surface area contributed by atoms with Crippen LogP contribution in [-0.2, 0) is 17.7 Å². The molecule has 0 amide bonds. The standard InChI is InChI=1S/C14H23N3O2/c1-11(2)5-8-19-9-7-17-14(18)10-13-12(16-17)4-3-6-15-13/h10-11,15H,3-9H2,1-2H3. The number of rotatable bonds is 6. The predicted octanol–water partition coefficient (Wildman–Crippen LogP) is 1.66. The second kappa shape index (κ2) is 6.70. The Labute approximate surface area is 114 Å². The number of aryl methyl sites for hydroxylation is 1. The first-order valence-electron chi connectivity index (χ1n) is 7.09. The van der Waals surface area contributed by atoms with Crippen molar-refractivity contribution in [3.63, 3.8) is 0 Å². The molecule has 0 spiro atoms. The molecule has 0 fully saturated rings. The lowest BCUT2D eigenvalue weighted by Gasteiger charge is -2.17. The molecule has 5 heteroatoms. The van der Waals surface area contributed by atoms with Gasteiger partial charge in [0.1, 0.15) is 0 Å². The minimum Gasteiger partial charge on any atom is -0.383 e. The molecule has 2 rings (SSSR count). The highest BCUT2D eigenvalue weighted by Crippen LogP contribution is 2.16. The van der Waals surface area contributed by atoms with Gasteiger partial charge in [-0.05, 0) is 25.2 Å². The Morgan fingerprint density at radius 3 is 3.11 bits per heavy atom. The van der Waals surface area contributed by atoms with E-state index in [1.807, 2.05) is 0 Å². The summed E-state index contributed by atoms with van der Waals surface area (Å²) in [5.41, 5.74) is 1.84. The van der Waals surface area contributed by atoms with E-state index in [9.17, 15) is 4.79 Å². The molecule has 0 atom stereocenters. The van der Waals surface area contributed by atoms with Crippen LogP contribution in [0.5, 0.6) is 0 Å². The van der Waals surface area contributed by atoms with Crippen molar-refractivity contribution in [2.45, 2.75) is 39.7 Å². The van der Waals surface area contributed by atoms with Crippen LogP contribution in [0.1, 0.15) is 32.4 Å². The molecule has 106 valence electrons. The van der Waals surface area contributed by atoms with Gasteiger partial charge in [0, 0.05) is 19.2 Å². The van der Waals surface area contributed by atoms with Gasteiger partial charge in [0.25, 0.3) is 5.56 Å². The Hall–Kier alpha value is -1.36. The topological polar surface area (TPSA) is 56.2 Å². The van der Waals surface area contributed by atoms with Crippen molar-refractivity contribution < 1.29 is 4.74 Å². The lowest BCUT2D eigenvalue weighted by molar-refractivity contribution is 0.113. The number of nitrogens with one attached hydrogen (secondary N) is 1. The van der Waals surface area contributed by atoms with E-state index in [0.29, 0.717) is 19.1 Å². The zero-order valence-corrected chi connectivity index (χ0v) is 11.8. The monoisotopic (exact) mass is 265 g/mol. The van der Waals surface area contributed by atoms with E-state index >= 15 is 0 Å². The van der Waals surface area contributed by atoms with Gasteiger partial charge in [-0.15, -0.1) is 0 Å². The zero-order valence-electron chi connectivity index (χ0n) is 11.8. The molecule has 0 radical (unpaired) electrons. The largest absolute Gasteiger partial charge is 0.383 e. The van der Waals surface area contributed by atoms with E-state index in [-0.39, 0.29) is 5.56 Å². The molecule has 1 N–H and O–H groups in total. The third kappa shape index (κ3) is 4.06. The molecule has 2 heterocycles. The highest BCUT2D eigenvalue weighted by Gasteiger charge is 2.12. The maximum atomic E-state index is 11.9. The Balaban J connectivity index is 1.88. The summed E-state index contributed by atoms with van der Waals surface area (Å²) in [6.07, 6.45) is 3.07. The Morgan fingerprint density at radius 1 is 1.47 bits per heavy atom. The molecular formula is C14H23N3O2.